The zero-order valence-corrected chi connectivity index (χ0v) is 12.2. The summed E-state index contributed by atoms with van der Waals surface area (Å²) < 4.78 is 4.40. The van der Waals surface area contributed by atoms with Crippen LogP contribution in [0.2, 0.25) is 0 Å². The minimum Gasteiger partial charge on any atom is -0.480 e. The fraction of sp³-hybridized carbons (Fsp3) is 0.769. The largest absolute Gasteiger partial charge is 0.480 e. The Morgan fingerprint density at radius 2 is 1.90 bits per heavy atom. The van der Waals surface area contributed by atoms with Crippen molar-refractivity contribution in [3.05, 3.63) is 0 Å². The second-order valence-corrected chi connectivity index (χ2v) is 5.19. The molecule has 21 heavy (non-hydrogen) atoms. The Balaban J connectivity index is 2.51. The number of carboxylic acid groups (broad SMARTS) is 1. The first-order valence-corrected chi connectivity index (χ1v) is 6.88. The number of amides is 2. The van der Waals surface area contributed by atoms with Crippen LogP contribution in [0.25, 0.3) is 0 Å². The number of carboxylic acids is 1. The van der Waals surface area contributed by atoms with E-state index < -0.39 is 36.5 Å². The van der Waals surface area contributed by atoms with Gasteiger partial charge in [-0.3, -0.25) is 4.79 Å². The van der Waals surface area contributed by atoms with Gasteiger partial charge in [0.05, 0.1) is 19.6 Å². The van der Waals surface area contributed by atoms with Crippen LogP contribution in [0.3, 0.4) is 0 Å². The van der Waals surface area contributed by atoms with Crippen LogP contribution in [0.4, 0.5) is 4.79 Å². The van der Waals surface area contributed by atoms with Crippen LogP contribution < -0.4 is 5.32 Å². The Morgan fingerprint density at radius 1 is 1.33 bits per heavy atom. The number of hydrogen-bond donors (Lipinski definition) is 3. The molecule has 3 N–H and O–H groups in total. The fourth-order valence-corrected chi connectivity index (χ4v) is 2.28. The monoisotopic (exact) mass is 302 g/mol. The topological polar surface area (TPSA) is 116 Å². The maximum absolute atomic E-state index is 12.0. The highest BCUT2D eigenvalue weighted by Gasteiger charge is 2.29. The van der Waals surface area contributed by atoms with E-state index in [1.165, 1.54) is 4.90 Å². The lowest BCUT2D eigenvalue weighted by atomic mass is 9.92. The number of aliphatic hydroxyl groups is 1. The number of esters is 1. The summed E-state index contributed by atoms with van der Waals surface area (Å²) in [6, 6.07) is -1.82. The second kappa shape index (κ2) is 7.82. The van der Waals surface area contributed by atoms with E-state index in [2.05, 4.69) is 10.1 Å². The predicted molar refractivity (Wildman–Crippen MR) is 72.6 cm³/mol. The van der Waals surface area contributed by atoms with Crippen molar-refractivity contribution in [3.8, 4) is 0 Å². The van der Waals surface area contributed by atoms with Crippen LogP contribution in [-0.4, -0.2) is 65.4 Å². The molecule has 0 spiro atoms. The highest BCUT2D eigenvalue weighted by Crippen LogP contribution is 2.20. The van der Waals surface area contributed by atoms with Crippen LogP contribution in [-0.2, 0) is 14.3 Å². The highest BCUT2D eigenvalue weighted by atomic mass is 16.5. The van der Waals surface area contributed by atoms with Crippen molar-refractivity contribution < 1.29 is 29.3 Å². The number of ether oxygens (including phenoxy) is 1. The molecule has 120 valence electrons. The number of nitrogens with zero attached hydrogens (tertiary/aromatic N) is 1. The molecule has 0 aromatic rings. The average Bonchev–Trinajstić information content (AvgIpc) is 2.46. The first-order chi connectivity index (χ1) is 9.85. The van der Waals surface area contributed by atoms with Crippen LogP contribution >= 0.6 is 0 Å². The van der Waals surface area contributed by atoms with Crippen LogP contribution in [0.5, 0.6) is 0 Å². The van der Waals surface area contributed by atoms with E-state index in [1.807, 2.05) is 0 Å². The normalized spacial score (nSPS) is 18.7. The van der Waals surface area contributed by atoms with Crippen molar-refractivity contribution in [2.24, 2.45) is 5.92 Å². The number of likely N-dealkylation sites (tertiary alicyclic amines) is 1. The number of carbonyl (C=O) groups excluding carboxylic acids is 2. The van der Waals surface area contributed by atoms with Gasteiger partial charge < -0.3 is 25.2 Å². The van der Waals surface area contributed by atoms with Crippen molar-refractivity contribution in [2.75, 3.05) is 20.2 Å². The highest BCUT2D eigenvalue weighted by molar-refractivity contribution is 5.86. The number of piperidine rings is 1. The van der Waals surface area contributed by atoms with E-state index in [1.54, 1.807) is 6.92 Å². The van der Waals surface area contributed by atoms with Crippen LogP contribution in [0.1, 0.15) is 26.2 Å². The molecular formula is C13H22N2O6. The molecule has 0 bridgehead atoms. The Labute approximate surface area is 123 Å². The van der Waals surface area contributed by atoms with Crippen molar-refractivity contribution >= 4 is 18.0 Å². The lowest BCUT2D eigenvalue weighted by Crippen LogP contribution is -2.51. The molecule has 8 nitrogen and oxygen atoms in total. The number of aliphatic carboxylic acids is 1. The molecule has 1 saturated heterocycles. The summed E-state index contributed by atoms with van der Waals surface area (Å²) in [5, 5.41) is 20.8. The van der Waals surface area contributed by atoms with Gasteiger partial charge in [0.15, 0.2) is 0 Å². The predicted octanol–water partition coefficient (Wildman–Crippen LogP) is -0.195. The van der Waals surface area contributed by atoms with E-state index in [0.717, 1.165) is 7.11 Å². The number of aliphatic hydroxyl groups excluding tert-OH is 1. The smallest absolute Gasteiger partial charge is 0.326 e. The van der Waals surface area contributed by atoms with Crippen molar-refractivity contribution in [1.29, 1.82) is 0 Å². The first kappa shape index (κ1) is 17.2. The third-order valence-corrected chi connectivity index (χ3v) is 3.70. The van der Waals surface area contributed by atoms with Crippen molar-refractivity contribution in [3.63, 3.8) is 0 Å². The molecule has 1 unspecified atom stereocenters. The zero-order chi connectivity index (χ0) is 16.0. The quantitative estimate of drug-likeness (QED) is 0.606. The summed E-state index contributed by atoms with van der Waals surface area (Å²) in [5.74, 6) is -1.83. The molecule has 1 rings (SSSR count). The lowest BCUT2D eigenvalue weighted by Gasteiger charge is -2.33. The van der Waals surface area contributed by atoms with Crippen molar-refractivity contribution in [1.82, 2.24) is 10.2 Å². The van der Waals surface area contributed by atoms with Gasteiger partial charge in [0, 0.05) is 13.1 Å². The van der Waals surface area contributed by atoms with Crippen LogP contribution in [0.15, 0.2) is 0 Å². The van der Waals surface area contributed by atoms with Gasteiger partial charge in [0.25, 0.3) is 0 Å². The van der Waals surface area contributed by atoms with Gasteiger partial charge in [-0.2, -0.15) is 0 Å². The number of carbonyl (C=O) groups is 3. The van der Waals surface area contributed by atoms with E-state index >= 15 is 0 Å². The van der Waals surface area contributed by atoms with E-state index in [9.17, 15) is 19.5 Å². The molecule has 1 aliphatic heterocycles. The van der Waals surface area contributed by atoms with E-state index in [-0.39, 0.29) is 5.92 Å². The molecule has 0 radical (unpaired) electrons. The van der Waals surface area contributed by atoms with Gasteiger partial charge in [-0.05, 0) is 25.7 Å². The molecule has 1 heterocycles. The second-order valence-electron chi connectivity index (χ2n) is 5.19. The van der Waals surface area contributed by atoms with Gasteiger partial charge in [0.2, 0.25) is 0 Å². The number of urea groups is 1. The molecule has 0 saturated carbocycles. The molecule has 1 aliphatic rings. The van der Waals surface area contributed by atoms with Gasteiger partial charge >= 0.3 is 18.0 Å². The molecule has 0 aromatic heterocycles. The third kappa shape index (κ3) is 5.22. The first-order valence-electron chi connectivity index (χ1n) is 6.88. The minimum absolute atomic E-state index is 0.152. The number of hydrogen-bond acceptors (Lipinski definition) is 5. The van der Waals surface area contributed by atoms with Gasteiger partial charge in [0.1, 0.15) is 6.04 Å². The molecule has 2 atom stereocenters. The summed E-state index contributed by atoms with van der Waals surface area (Å²) in [6.07, 6.45) is 0.503. The minimum atomic E-state index is -1.31. The average molecular weight is 302 g/mol. The van der Waals surface area contributed by atoms with Gasteiger partial charge in [-0.25, -0.2) is 9.59 Å². The molecule has 0 aliphatic carbocycles. The summed E-state index contributed by atoms with van der Waals surface area (Å²) in [5.41, 5.74) is 0. The Morgan fingerprint density at radius 3 is 2.33 bits per heavy atom. The maximum Gasteiger partial charge on any atom is 0.326 e. The van der Waals surface area contributed by atoms with E-state index in [4.69, 9.17) is 5.11 Å². The summed E-state index contributed by atoms with van der Waals surface area (Å²) in [7, 11) is 1.16. The van der Waals surface area contributed by atoms with Gasteiger partial charge in [-0.15, -0.1) is 0 Å². The van der Waals surface area contributed by atoms with Crippen LogP contribution in [0, 0.1) is 5.92 Å². The Bertz CT molecular complexity index is 390. The van der Waals surface area contributed by atoms with E-state index in [0.29, 0.717) is 25.9 Å². The molecule has 0 aromatic carbocycles. The molecule has 8 heteroatoms. The summed E-state index contributed by atoms with van der Waals surface area (Å²) in [6.45, 7) is 2.62. The fourth-order valence-electron chi connectivity index (χ4n) is 2.28. The number of nitrogens with one attached hydrogen (secondary N) is 1. The Kier molecular flexibility index (Phi) is 6.41. The SMILES string of the molecule is COC(=O)C[C@H](NC(=O)N1CCC(C(C)O)CC1)C(=O)O. The summed E-state index contributed by atoms with van der Waals surface area (Å²) >= 11 is 0. The van der Waals surface area contributed by atoms with Gasteiger partial charge in [-0.1, -0.05) is 0 Å². The Hall–Kier alpha value is -1.83. The molecular weight excluding hydrogens is 280 g/mol. The third-order valence-electron chi connectivity index (χ3n) is 3.70. The molecule has 1 fully saturated rings. The maximum atomic E-state index is 12.0. The van der Waals surface area contributed by atoms with Crippen molar-refractivity contribution in [2.45, 2.75) is 38.3 Å². The number of rotatable bonds is 5. The lowest BCUT2D eigenvalue weighted by molar-refractivity contribution is -0.147. The zero-order valence-electron chi connectivity index (χ0n) is 12.2. The summed E-state index contributed by atoms with van der Waals surface area (Å²) in [4.78, 5) is 35.6. The molecule has 2 amide bonds. The number of methoxy groups -OCH3 is 1. The standard InChI is InChI=1S/C13H22N2O6/c1-8(16)9-3-5-15(6-4-9)13(20)14-10(12(18)19)7-11(17)21-2/h8-10,16H,3-7H2,1-2H3,(H,14,20)(H,18,19)/t8?,10-/m0/s1.